The van der Waals surface area contributed by atoms with Crippen LogP contribution in [0, 0.1) is 0 Å². The molecule has 6 heteroatoms. The van der Waals surface area contributed by atoms with E-state index >= 15 is 0 Å². The van der Waals surface area contributed by atoms with Gasteiger partial charge in [0.25, 0.3) is 0 Å². The fourth-order valence-corrected chi connectivity index (χ4v) is 2.38. The SMILES string of the molecule is O=C(Cc1noc2ccccc12)OCc1nc2ccccc2o1. The normalized spacial score (nSPS) is 11.1. The number of rotatable bonds is 4. The highest BCUT2D eigenvalue weighted by Gasteiger charge is 2.14. The number of carbonyl (C=O) groups excluding carboxylic acids is 1. The van der Waals surface area contributed by atoms with Crippen LogP contribution in [0.2, 0.25) is 0 Å². The average Bonchev–Trinajstić information content (AvgIpc) is 3.17. The van der Waals surface area contributed by atoms with Gasteiger partial charge in [-0.15, -0.1) is 0 Å². The third-order valence-electron chi connectivity index (χ3n) is 3.46. The lowest BCUT2D eigenvalue weighted by Gasteiger charge is -2.00. The van der Waals surface area contributed by atoms with Crippen LogP contribution >= 0.6 is 0 Å². The predicted molar refractivity (Wildman–Crippen MR) is 81.5 cm³/mol. The molecule has 4 aromatic rings. The van der Waals surface area contributed by atoms with Crippen molar-refractivity contribution in [2.45, 2.75) is 13.0 Å². The maximum Gasteiger partial charge on any atom is 0.312 e. The minimum absolute atomic E-state index is 0.0106. The Hall–Kier alpha value is -3.15. The lowest BCUT2D eigenvalue weighted by atomic mass is 10.2. The number of hydrogen-bond donors (Lipinski definition) is 0. The smallest absolute Gasteiger partial charge is 0.312 e. The van der Waals surface area contributed by atoms with Crippen molar-refractivity contribution in [3.63, 3.8) is 0 Å². The maximum atomic E-state index is 12.0. The summed E-state index contributed by atoms with van der Waals surface area (Å²) in [4.78, 5) is 16.2. The van der Waals surface area contributed by atoms with Crippen molar-refractivity contribution in [1.29, 1.82) is 0 Å². The van der Waals surface area contributed by atoms with Crippen LogP contribution in [0.5, 0.6) is 0 Å². The van der Waals surface area contributed by atoms with E-state index in [1.165, 1.54) is 0 Å². The summed E-state index contributed by atoms with van der Waals surface area (Å²) in [5.41, 5.74) is 2.61. The van der Waals surface area contributed by atoms with Gasteiger partial charge in [0.15, 0.2) is 17.8 Å². The zero-order chi connectivity index (χ0) is 15.6. The number of fused-ring (bicyclic) bond motifs is 2. The summed E-state index contributed by atoms with van der Waals surface area (Å²) in [6, 6.07) is 14.8. The van der Waals surface area contributed by atoms with Crippen molar-refractivity contribution in [2.24, 2.45) is 0 Å². The van der Waals surface area contributed by atoms with Gasteiger partial charge in [-0.1, -0.05) is 29.4 Å². The van der Waals surface area contributed by atoms with E-state index < -0.39 is 5.97 Å². The Morgan fingerprint density at radius 1 is 1.04 bits per heavy atom. The van der Waals surface area contributed by atoms with Crippen LogP contribution in [0.15, 0.2) is 57.5 Å². The van der Waals surface area contributed by atoms with E-state index in [1.54, 1.807) is 6.07 Å². The highest BCUT2D eigenvalue weighted by Crippen LogP contribution is 2.19. The third-order valence-corrected chi connectivity index (χ3v) is 3.46. The number of carbonyl (C=O) groups is 1. The van der Waals surface area contributed by atoms with Crippen molar-refractivity contribution < 1.29 is 18.5 Å². The van der Waals surface area contributed by atoms with E-state index in [0.29, 0.717) is 22.8 Å². The van der Waals surface area contributed by atoms with Crippen LogP contribution < -0.4 is 0 Å². The Morgan fingerprint density at radius 3 is 2.70 bits per heavy atom. The molecule has 0 radical (unpaired) electrons. The molecule has 0 unspecified atom stereocenters. The Balaban J connectivity index is 1.43. The molecule has 0 fully saturated rings. The summed E-state index contributed by atoms with van der Waals surface area (Å²) >= 11 is 0. The molecule has 4 rings (SSSR count). The molecular formula is C17H12N2O4. The van der Waals surface area contributed by atoms with Gasteiger partial charge in [-0.3, -0.25) is 4.79 Å². The number of hydrogen-bond acceptors (Lipinski definition) is 6. The molecule has 0 saturated heterocycles. The van der Waals surface area contributed by atoms with E-state index in [2.05, 4.69) is 10.1 Å². The first-order chi connectivity index (χ1) is 11.3. The average molecular weight is 308 g/mol. The number of oxazole rings is 1. The minimum atomic E-state index is -0.411. The summed E-state index contributed by atoms with van der Waals surface area (Å²) in [6.45, 7) is -0.0106. The molecule has 0 amide bonds. The molecule has 0 bridgehead atoms. The summed E-state index contributed by atoms with van der Waals surface area (Å²) in [5, 5.41) is 4.72. The lowest BCUT2D eigenvalue weighted by molar-refractivity contribution is -0.144. The summed E-state index contributed by atoms with van der Waals surface area (Å²) in [5.74, 6) is -0.0455. The first kappa shape index (κ1) is 13.5. The molecule has 2 aromatic carbocycles. The first-order valence-corrected chi connectivity index (χ1v) is 7.13. The molecule has 0 spiro atoms. The molecule has 0 atom stereocenters. The van der Waals surface area contributed by atoms with Gasteiger partial charge in [0, 0.05) is 5.39 Å². The van der Waals surface area contributed by atoms with Crippen molar-refractivity contribution in [1.82, 2.24) is 10.1 Å². The van der Waals surface area contributed by atoms with Crippen LogP contribution in [-0.4, -0.2) is 16.1 Å². The van der Waals surface area contributed by atoms with Crippen LogP contribution in [0.1, 0.15) is 11.6 Å². The Morgan fingerprint density at radius 2 is 1.83 bits per heavy atom. The van der Waals surface area contributed by atoms with Gasteiger partial charge in [-0.2, -0.15) is 0 Å². The monoisotopic (exact) mass is 308 g/mol. The quantitative estimate of drug-likeness (QED) is 0.538. The minimum Gasteiger partial charge on any atom is -0.455 e. The van der Waals surface area contributed by atoms with Crippen molar-refractivity contribution in [3.8, 4) is 0 Å². The molecular weight excluding hydrogens is 296 g/mol. The second-order valence-corrected chi connectivity index (χ2v) is 5.04. The van der Waals surface area contributed by atoms with Crippen LogP contribution in [0.25, 0.3) is 22.1 Å². The van der Waals surface area contributed by atoms with Gasteiger partial charge >= 0.3 is 5.97 Å². The van der Waals surface area contributed by atoms with Crippen LogP contribution in [0.3, 0.4) is 0 Å². The van der Waals surface area contributed by atoms with Gasteiger partial charge in [-0.25, -0.2) is 4.98 Å². The molecule has 114 valence electrons. The Kier molecular flexibility index (Phi) is 3.27. The van der Waals surface area contributed by atoms with E-state index in [1.807, 2.05) is 42.5 Å². The topological polar surface area (TPSA) is 78.4 Å². The van der Waals surface area contributed by atoms with E-state index in [9.17, 15) is 4.79 Å². The Bertz CT molecular complexity index is 953. The number of benzene rings is 2. The molecule has 0 N–H and O–H groups in total. The molecule has 23 heavy (non-hydrogen) atoms. The van der Waals surface area contributed by atoms with Gasteiger partial charge < -0.3 is 13.7 Å². The molecule has 2 heterocycles. The number of aromatic nitrogens is 2. The highest BCUT2D eigenvalue weighted by molar-refractivity contribution is 5.84. The number of ether oxygens (including phenoxy) is 1. The summed E-state index contributed by atoms with van der Waals surface area (Å²) in [7, 11) is 0. The van der Waals surface area contributed by atoms with Gasteiger partial charge in [-0.05, 0) is 24.3 Å². The largest absolute Gasteiger partial charge is 0.455 e. The molecule has 6 nitrogen and oxygen atoms in total. The molecule has 0 saturated carbocycles. The van der Waals surface area contributed by atoms with Gasteiger partial charge in [0.05, 0.1) is 6.42 Å². The second kappa shape index (κ2) is 5.57. The number of esters is 1. The zero-order valence-corrected chi connectivity index (χ0v) is 12.1. The number of para-hydroxylation sites is 3. The summed E-state index contributed by atoms with van der Waals surface area (Å²) in [6.07, 6.45) is 0.0389. The van der Waals surface area contributed by atoms with Crippen molar-refractivity contribution >= 4 is 28.0 Å². The molecule has 2 aromatic heterocycles. The molecule has 0 aliphatic heterocycles. The van der Waals surface area contributed by atoms with E-state index in [-0.39, 0.29) is 13.0 Å². The molecule has 0 aliphatic carbocycles. The zero-order valence-electron chi connectivity index (χ0n) is 12.1. The van der Waals surface area contributed by atoms with Crippen LogP contribution in [0.4, 0.5) is 0 Å². The van der Waals surface area contributed by atoms with Crippen molar-refractivity contribution in [3.05, 3.63) is 60.1 Å². The third kappa shape index (κ3) is 2.66. The standard InChI is InChI=1S/C17H12N2O4/c20-17(9-13-11-5-1-3-7-14(11)23-19-13)21-10-16-18-12-6-2-4-8-15(12)22-16/h1-8H,9-10H2. The highest BCUT2D eigenvalue weighted by atomic mass is 16.5. The fourth-order valence-electron chi connectivity index (χ4n) is 2.38. The number of nitrogens with zero attached hydrogens (tertiary/aromatic N) is 2. The van der Waals surface area contributed by atoms with Gasteiger partial charge in [0.1, 0.15) is 11.2 Å². The second-order valence-electron chi connectivity index (χ2n) is 5.04. The predicted octanol–water partition coefficient (Wildman–Crippen LogP) is 3.25. The fraction of sp³-hybridized carbons (Fsp3) is 0.118. The summed E-state index contributed by atoms with van der Waals surface area (Å²) < 4.78 is 15.9. The first-order valence-electron chi connectivity index (χ1n) is 7.13. The van der Waals surface area contributed by atoms with E-state index in [4.69, 9.17) is 13.7 Å². The lowest BCUT2D eigenvalue weighted by Crippen LogP contribution is -2.08. The van der Waals surface area contributed by atoms with Gasteiger partial charge in [0.2, 0.25) is 5.89 Å². The van der Waals surface area contributed by atoms with E-state index in [0.717, 1.165) is 10.9 Å². The van der Waals surface area contributed by atoms with Crippen molar-refractivity contribution in [2.75, 3.05) is 0 Å². The molecule has 0 aliphatic rings. The van der Waals surface area contributed by atoms with Crippen LogP contribution in [-0.2, 0) is 22.6 Å². The Labute approximate surface area is 130 Å². The maximum absolute atomic E-state index is 12.0.